The SMILES string of the molecule is CCn1c(C)cc(C(=O)COC(=O)/C=C/c2cc(OC)cc(OC)c2)c1C. The molecule has 6 heteroatoms. The molecule has 0 aliphatic heterocycles. The van der Waals surface area contributed by atoms with Crippen LogP contribution in [0.4, 0.5) is 0 Å². The van der Waals surface area contributed by atoms with Gasteiger partial charge in [0.05, 0.1) is 14.2 Å². The lowest BCUT2D eigenvalue weighted by atomic mass is 10.1. The zero-order chi connectivity index (χ0) is 20.0. The Labute approximate surface area is 159 Å². The Morgan fingerprint density at radius 1 is 1.04 bits per heavy atom. The fourth-order valence-corrected chi connectivity index (χ4v) is 2.92. The first-order chi connectivity index (χ1) is 12.9. The number of ketones is 1. The molecule has 6 nitrogen and oxygen atoms in total. The van der Waals surface area contributed by atoms with Gasteiger partial charge in [-0.15, -0.1) is 0 Å². The molecule has 0 unspecified atom stereocenters. The zero-order valence-electron chi connectivity index (χ0n) is 16.4. The predicted molar refractivity (Wildman–Crippen MR) is 103 cm³/mol. The van der Waals surface area contributed by atoms with Crippen LogP contribution in [0.25, 0.3) is 6.08 Å². The fraction of sp³-hybridized carbons (Fsp3) is 0.333. The molecule has 0 aliphatic rings. The maximum absolute atomic E-state index is 12.3. The van der Waals surface area contributed by atoms with Gasteiger partial charge >= 0.3 is 5.97 Å². The summed E-state index contributed by atoms with van der Waals surface area (Å²) in [7, 11) is 3.11. The molecule has 0 saturated carbocycles. The normalized spacial score (nSPS) is 10.9. The first-order valence-electron chi connectivity index (χ1n) is 8.67. The van der Waals surface area contributed by atoms with Crippen LogP contribution in [0.2, 0.25) is 0 Å². The molecule has 0 saturated heterocycles. The summed E-state index contributed by atoms with van der Waals surface area (Å²) >= 11 is 0. The van der Waals surface area contributed by atoms with Gasteiger partial charge in [-0.3, -0.25) is 4.79 Å². The first-order valence-corrected chi connectivity index (χ1v) is 8.67. The Morgan fingerprint density at radius 3 is 2.19 bits per heavy atom. The van der Waals surface area contributed by atoms with Crippen LogP contribution in [0.1, 0.15) is 34.2 Å². The molecule has 0 aliphatic carbocycles. The molecule has 0 spiro atoms. The Hall–Kier alpha value is -3.02. The number of methoxy groups -OCH3 is 2. The highest BCUT2D eigenvalue weighted by atomic mass is 16.5. The van der Waals surface area contributed by atoms with Gasteiger partial charge in [0.25, 0.3) is 0 Å². The molecule has 1 heterocycles. The zero-order valence-corrected chi connectivity index (χ0v) is 16.4. The standard InChI is InChI=1S/C21H25NO5/c1-6-22-14(2)9-19(15(22)3)20(23)13-27-21(24)8-7-16-10-17(25-4)12-18(11-16)26-5/h7-12H,6,13H2,1-5H3/b8-7+. The Balaban J connectivity index is 2.00. The average Bonchev–Trinajstić information content (AvgIpc) is 2.97. The van der Waals surface area contributed by atoms with Gasteiger partial charge in [0, 0.05) is 35.6 Å². The Bertz CT molecular complexity index is 841. The molecule has 0 N–H and O–H groups in total. The number of esters is 1. The van der Waals surface area contributed by atoms with Gasteiger partial charge in [0.1, 0.15) is 11.5 Å². The third kappa shape index (κ3) is 5.00. The van der Waals surface area contributed by atoms with Crippen molar-refractivity contribution >= 4 is 17.8 Å². The summed E-state index contributed by atoms with van der Waals surface area (Å²) in [5.74, 6) is 0.426. The monoisotopic (exact) mass is 371 g/mol. The highest BCUT2D eigenvalue weighted by Gasteiger charge is 2.16. The van der Waals surface area contributed by atoms with Crippen LogP contribution < -0.4 is 9.47 Å². The quantitative estimate of drug-likeness (QED) is 0.403. The topological polar surface area (TPSA) is 66.8 Å². The molecular formula is C21H25NO5. The maximum Gasteiger partial charge on any atom is 0.331 e. The van der Waals surface area contributed by atoms with E-state index in [1.165, 1.54) is 6.08 Å². The Kier molecular flexibility index (Phi) is 6.82. The van der Waals surface area contributed by atoms with Gasteiger partial charge in [-0.1, -0.05) is 0 Å². The lowest BCUT2D eigenvalue weighted by Gasteiger charge is -2.06. The largest absolute Gasteiger partial charge is 0.497 e. The smallest absolute Gasteiger partial charge is 0.331 e. The van der Waals surface area contributed by atoms with E-state index in [2.05, 4.69) is 0 Å². The number of carbonyl (C=O) groups excluding carboxylic acids is 2. The van der Waals surface area contributed by atoms with Crippen LogP contribution in [-0.4, -0.2) is 37.1 Å². The van der Waals surface area contributed by atoms with Crippen LogP contribution in [0.15, 0.2) is 30.3 Å². The van der Waals surface area contributed by atoms with E-state index in [9.17, 15) is 9.59 Å². The molecule has 0 radical (unpaired) electrons. The number of rotatable bonds is 8. The predicted octanol–water partition coefficient (Wildman–Crippen LogP) is 3.58. The highest BCUT2D eigenvalue weighted by Crippen LogP contribution is 2.23. The Morgan fingerprint density at radius 2 is 1.67 bits per heavy atom. The van der Waals surface area contributed by atoms with Crippen molar-refractivity contribution in [2.45, 2.75) is 27.3 Å². The highest BCUT2D eigenvalue weighted by molar-refractivity contribution is 6.00. The third-order valence-corrected chi connectivity index (χ3v) is 4.32. The van der Waals surface area contributed by atoms with E-state index in [4.69, 9.17) is 14.2 Å². The molecular weight excluding hydrogens is 346 g/mol. The average molecular weight is 371 g/mol. The van der Waals surface area contributed by atoms with Gasteiger partial charge in [-0.25, -0.2) is 4.79 Å². The molecule has 2 aromatic rings. The van der Waals surface area contributed by atoms with E-state index in [0.717, 1.165) is 23.5 Å². The molecule has 0 fully saturated rings. The molecule has 2 rings (SSSR count). The number of carbonyl (C=O) groups is 2. The number of benzene rings is 1. The van der Waals surface area contributed by atoms with Crippen LogP contribution in [0.5, 0.6) is 11.5 Å². The number of aryl methyl sites for hydroxylation is 1. The maximum atomic E-state index is 12.3. The van der Waals surface area contributed by atoms with Gasteiger partial charge in [-0.05, 0) is 50.6 Å². The van der Waals surface area contributed by atoms with E-state index in [0.29, 0.717) is 17.1 Å². The number of ether oxygens (including phenoxy) is 3. The van der Waals surface area contributed by atoms with Gasteiger partial charge in [0.2, 0.25) is 5.78 Å². The number of aromatic nitrogens is 1. The number of nitrogens with zero attached hydrogens (tertiary/aromatic N) is 1. The summed E-state index contributed by atoms with van der Waals surface area (Å²) in [6.45, 7) is 6.36. The number of hydrogen-bond donors (Lipinski definition) is 0. The molecule has 0 amide bonds. The second-order valence-electron chi connectivity index (χ2n) is 6.04. The minimum atomic E-state index is -0.588. The van der Waals surface area contributed by atoms with E-state index in [1.807, 2.05) is 31.4 Å². The lowest BCUT2D eigenvalue weighted by Crippen LogP contribution is -2.13. The van der Waals surface area contributed by atoms with Crippen molar-refractivity contribution in [3.05, 3.63) is 52.9 Å². The summed E-state index contributed by atoms with van der Waals surface area (Å²) in [5.41, 5.74) is 3.20. The van der Waals surface area contributed by atoms with Crippen molar-refractivity contribution < 1.29 is 23.8 Å². The number of Topliss-reactive ketones (excluding diaryl/α,β-unsaturated/α-hetero) is 1. The minimum Gasteiger partial charge on any atom is -0.497 e. The third-order valence-electron chi connectivity index (χ3n) is 4.32. The van der Waals surface area contributed by atoms with Crippen molar-refractivity contribution in [3.63, 3.8) is 0 Å². The lowest BCUT2D eigenvalue weighted by molar-refractivity contribution is -0.136. The van der Waals surface area contributed by atoms with Crippen molar-refractivity contribution in [1.82, 2.24) is 4.57 Å². The number of hydrogen-bond acceptors (Lipinski definition) is 5. The van der Waals surface area contributed by atoms with E-state index < -0.39 is 5.97 Å². The summed E-state index contributed by atoms with van der Waals surface area (Å²) in [4.78, 5) is 24.3. The summed E-state index contributed by atoms with van der Waals surface area (Å²) in [5, 5.41) is 0. The van der Waals surface area contributed by atoms with Crippen molar-refractivity contribution in [2.24, 2.45) is 0 Å². The summed E-state index contributed by atoms with van der Waals surface area (Å²) < 4.78 is 17.5. The van der Waals surface area contributed by atoms with Gasteiger partial charge in [0.15, 0.2) is 6.61 Å². The minimum absolute atomic E-state index is 0.215. The van der Waals surface area contributed by atoms with E-state index in [-0.39, 0.29) is 12.4 Å². The molecule has 0 atom stereocenters. The van der Waals surface area contributed by atoms with Crippen molar-refractivity contribution in [2.75, 3.05) is 20.8 Å². The van der Waals surface area contributed by atoms with E-state index in [1.54, 1.807) is 38.5 Å². The molecule has 1 aromatic heterocycles. The van der Waals surface area contributed by atoms with Gasteiger partial charge in [-0.2, -0.15) is 0 Å². The van der Waals surface area contributed by atoms with Crippen LogP contribution in [-0.2, 0) is 16.1 Å². The van der Waals surface area contributed by atoms with Crippen LogP contribution in [0, 0.1) is 13.8 Å². The van der Waals surface area contributed by atoms with Gasteiger partial charge < -0.3 is 18.8 Å². The second-order valence-corrected chi connectivity index (χ2v) is 6.04. The summed E-state index contributed by atoms with van der Waals surface area (Å²) in [6.07, 6.45) is 2.86. The summed E-state index contributed by atoms with van der Waals surface area (Å²) in [6, 6.07) is 7.09. The van der Waals surface area contributed by atoms with E-state index >= 15 is 0 Å². The van der Waals surface area contributed by atoms with Crippen LogP contribution in [0.3, 0.4) is 0 Å². The van der Waals surface area contributed by atoms with Crippen LogP contribution >= 0.6 is 0 Å². The fourth-order valence-electron chi connectivity index (χ4n) is 2.92. The molecule has 144 valence electrons. The van der Waals surface area contributed by atoms with Crippen molar-refractivity contribution in [3.8, 4) is 11.5 Å². The first kappa shape index (κ1) is 20.3. The van der Waals surface area contributed by atoms with Crippen molar-refractivity contribution in [1.29, 1.82) is 0 Å². The molecule has 27 heavy (non-hydrogen) atoms. The second kappa shape index (κ2) is 9.07. The molecule has 0 bridgehead atoms. The molecule has 1 aromatic carbocycles.